The van der Waals surface area contributed by atoms with E-state index in [1.165, 1.54) is 19.3 Å². The minimum atomic E-state index is 0.650. The Labute approximate surface area is 89.2 Å². The van der Waals surface area contributed by atoms with Crippen LogP contribution in [0.4, 0.5) is 0 Å². The molecule has 14 heavy (non-hydrogen) atoms. The van der Waals surface area contributed by atoms with Crippen molar-refractivity contribution in [1.29, 1.82) is 0 Å². The van der Waals surface area contributed by atoms with E-state index in [0.717, 1.165) is 32.1 Å². The Bertz CT molecular complexity index is 115. The van der Waals surface area contributed by atoms with Gasteiger partial charge in [0, 0.05) is 13.2 Å². The highest BCUT2D eigenvalue weighted by molar-refractivity contribution is 4.61. The molecule has 0 amide bonds. The van der Waals surface area contributed by atoms with Gasteiger partial charge in [0.15, 0.2) is 0 Å². The monoisotopic (exact) mass is 201 g/mol. The van der Waals surface area contributed by atoms with Crippen LogP contribution in [0.5, 0.6) is 0 Å². The molecule has 0 bridgehead atoms. The van der Waals surface area contributed by atoms with Gasteiger partial charge in [-0.1, -0.05) is 27.2 Å². The molecule has 0 saturated carbocycles. The third-order valence-corrected chi connectivity index (χ3v) is 2.45. The van der Waals surface area contributed by atoms with Gasteiger partial charge in [0.05, 0.1) is 0 Å². The van der Waals surface area contributed by atoms with E-state index >= 15 is 0 Å². The molecule has 0 fully saturated rings. The molecule has 0 radical (unpaired) electrons. The van der Waals surface area contributed by atoms with Crippen LogP contribution in [0.1, 0.15) is 46.5 Å². The summed E-state index contributed by atoms with van der Waals surface area (Å²) in [4.78, 5) is 0. The quantitative estimate of drug-likeness (QED) is 0.582. The standard InChI is InChI=1S/C12H27NO/c1-4-5-7-14-8-6-12(10-13)9-11(2)3/h11-12H,4-10,13H2,1-3H3. The van der Waals surface area contributed by atoms with Crippen LogP contribution in [0.3, 0.4) is 0 Å². The van der Waals surface area contributed by atoms with Gasteiger partial charge in [-0.3, -0.25) is 0 Å². The molecule has 0 aliphatic carbocycles. The van der Waals surface area contributed by atoms with Crippen molar-refractivity contribution in [2.75, 3.05) is 19.8 Å². The molecule has 0 heterocycles. The summed E-state index contributed by atoms with van der Waals surface area (Å²) < 4.78 is 5.53. The number of hydrogen-bond donors (Lipinski definition) is 1. The summed E-state index contributed by atoms with van der Waals surface area (Å²) in [5.41, 5.74) is 5.71. The fourth-order valence-corrected chi connectivity index (χ4v) is 1.60. The second kappa shape index (κ2) is 9.47. The van der Waals surface area contributed by atoms with Gasteiger partial charge in [0.2, 0.25) is 0 Å². The number of nitrogens with two attached hydrogens (primary N) is 1. The lowest BCUT2D eigenvalue weighted by Crippen LogP contribution is -2.18. The second-order valence-electron chi connectivity index (χ2n) is 4.49. The minimum absolute atomic E-state index is 0.650. The van der Waals surface area contributed by atoms with Crippen molar-refractivity contribution in [3.63, 3.8) is 0 Å². The lowest BCUT2D eigenvalue weighted by Gasteiger charge is -2.16. The average molecular weight is 201 g/mol. The molecule has 0 aromatic carbocycles. The molecule has 0 aliphatic rings. The molecule has 1 atom stereocenters. The zero-order chi connectivity index (χ0) is 10.8. The van der Waals surface area contributed by atoms with Gasteiger partial charge < -0.3 is 10.5 Å². The predicted molar refractivity (Wildman–Crippen MR) is 62.3 cm³/mol. The van der Waals surface area contributed by atoms with Crippen LogP contribution >= 0.6 is 0 Å². The SMILES string of the molecule is CCCCOCCC(CN)CC(C)C. The molecule has 0 aliphatic heterocycles. The summed E-state index contributed by atoms with van der Waals surface area (Å²) in [6.45, 7) is 9.28. The van der Waals surface area contributed by atoms with Gasteiger partial charge in [-0.2, -0.15) is 0 Å². The summed E-state index contributed by atoms with van der Waals surface area (Å²) in [5, 5.41) is 0. The zero-order valence-electron chi connectivity index (χ0n) is 10.1. The van der Waals surface area contributed by atoms with Crippen LogP contribution in [0.25, 0.3) is 0 Å². The number of hydrogen-bond acceptors (Lipinski definition) is 2. The Hall–Kier alpha value is -0.0800. The fraction of sp³-hybridized carbons (Fsp3) is 1.00. The van der Waals surface area contributed by atoms with Crippen LogP contribution in [-0.4, -0.2) is 19.8 Å². The fourth-order valence-electron chi connectivity index (χ4n) is 1.60. The Kier molecular flexibility index (Phi) is 9.42. The molecule has 2 nitrogen and oxygen atoms in total. The lowest BCUT2D eigenvalue weighted by atomic mass is 9.95. The smallest absolute Gasteiger partial charge is 0.0469 e. The van der Waals surface area contributed by atoms with Crippen LogP contribution in [0.15, 0.2) is 0 Å². The van der Waals surface area contributed by atoms with E-state index in [1.807, 2.05) is 0 Å². The lowest BCUT2D eigenvalue weighted by molar-refractivity contribution is 0.115. The largest absolute Gasteiger partial charge is 0.381 e. The van der Waals surface area contributed by atoms with Gasteiger partial charge in [0.25, 0.3) is 0 Å². The first-order valence-corrected chi connectivity index (χ1v) is 5.98. The van der Waals surface area contributed by atoms with E-state index in [2.05, 4.69) is 20.8 Å². The van der Waals surface area contributed by atoms with E-state index < -0.39 is 0 Å². The first-order valence-electron chi connectivity index (χ1n) is 5.98. The van der Waals surface area contributed by atoms with Crippen molar-refractivity contribution < 1.29 is 4.74 Å². The molecule has 0 saturated heterocycles. The maximum absolute atomic E-state index is 5.71. The number of ether oxygens (including phenoxy) is 1. The molecule has 1 unspecified atom stereocenters. The van der Waals surface area contributed by atoms with E-state index in [1.54, 1.807) is 0 Å². The molecule has 86 valence electrons. The highest BCUT2D eigenvalue weighted by Crippen LogP contribution is 2.14. The van der Waals surface area contributed by atoms with Crippen molar-refractivity contribution in [2.24, 2.45) is 17.6 Å². The Morgan fingerprint density at radius 2 is 1.93 bits per heavy atom. The highest BCUT2D eigenvalue weighted by Gasteiger charge is 2.08. The second-order valence-corrected chi connectivity index (χ2v) is 4.49. The summed E-state index contributed by atoms with van der Waals surface area (Å²) in [5.74, 6) is 1.40. The molecule has 0 rings (SSSR count). The molecule has 2 N–H and O–H groups in total. The Balaban J connectivity index is 3.33. The first-order chi connectivity index (χ1) is 6.70. The molecule has 0 aromatic heterocycles. The number of unbranched alkanes of at least 4 members (excludes halogenated alkanes) is 1. The van der Waals surface area contributed by atoms with Gasteiger partial charge in [-0.05, 0) is 37.6 Å². The van der Waals surface area contributed by atoms with E-state index in [9.17, 15) is 0 Å². The van der Waals surface area contributed by atoms with Gasteiger partial charge in [-0.15, -0.1) is 0 Å². The molecular weight excluding hydrogens is 174 g/mol. The normalized spacial score (nSPS) is 13.5. The van der Waals surface area contributed by atoms with Crippen LogP contribution in [0.2, 0.25) is 0 Å². The number of rotatable bonds is 9. The van der Waals surface area contributed by atoms with Gasteiger partial charge in [0.1, 0.15) is 0 Å². The topological polar surface area (TPSA) is 35.2 Å². The zero-order valence-corrected chi connectivity index (χ0v) is 10.1. The Morgan fingerprint density at radius 3 is 2.43 bits per heavy atom. The Morgan fingerprint density at radius 1 is 1.21 bits per heavy atom. The molecule has 2 heteroatoms. The van der Waals surface area contributed by atoms with Crippen LogP contribution in [0, 0.1) is 11.8 Å². The van der Waals surface area contributed by atoms with Crippen LogP contribution in [-0.2, 0) is 4.74 Å². The highest BCUT2D eigenvalue weighted by atomic mass is 16.5. The third-order valence-electron chi connectivity index (χ3n) is 2.45. The minimum Gasteiger partial charge on any atom is -0.381 e. The maximum atomic E-state index is 5.71. The van der Waals surface area contributed by atoms with Crippen molar-refractivity contribution in [2.45, 2.75) is 46.5 Å². The summed E-state index contributed by atoms with van der Waals surface area (Å²) in [7, 11) is 0. The van der Waals surface area contributed by atoms with Gasteiger partial charge >= 0.3 is 0 Å². The van der Waals surface area contributed by atoms with Gasteiger partial charge in [-0.25, -0.2) is 0 Å². The van der Waals surface area contributed by atoms with Crippen molar-refractivity contribution in [3.8, 4) is 0 Å². The first kappa shape index (κ1) is 13.9. The van der Waals surface area contributed by atoms with E-state index in [0.29, 0.717) is 5.92 Å². The third kappa shape index (κ3) is 8.52. The summed E-state index contributed by atoms with van der Waals surface area (Å²) in [6, 6.07) is 0. The van der Waals surface area contributed by atoms with Crippen molar-refractivity contribution in [3.05, 3.63) is 0 Å². The van der Waals surface area contributed by atoms with E-state index in [-0.39, 0.29) is 0 Å². The van der Waals surface area contributed by atoms with Crippen molar-refractivity contribution in [1.82, 2.24) is 0 Å². The molecule has 0 aromatic rings. The van der Waals surface area contributed by atoms with Crippen LogP contribution < -0.4 is 5.73 Å². The predicted octanol–water partition coefficient (Wildman–Crippen LogP) is 2.81. The average Bonchev–Trinajstić information content (AvgIpc) is 2.15. The summed E-state index contributed by atoms with van der Waals surface area (Å²) in [6.07, 6.45) is 4.75. The summed E-state index contributed by atoms with van der Waals surface area (Å²) >= 11 is 0. The molecular formula is C12H27NO. The molecule has 0 spiro atoms. The van der Waals surface area contributed by atoms with Crippen molar-refractivity contribution >= 4 is 0 Å². The van der Waals surface area contributed by atoms with E-state index in [4.69, 9.17) is 10.5 Å². The maximum Gasteiger partial charge on any atom is 0.0469 e.